The van der Waals surface area contributed by atoms with Gasteiger partial charge in [-0.15, -0.1) is 0 Å². The summed E-state index contributed by atoms with van der Waals surface area (Å²) in [6.45, 7) is 4.86. The van der Waals surface area contributed by atoms with Crippen molar-refractivity contribution in [3.8, 4) is 11.5 Å². The summed E-state index contributed by atoms with van der Waals surface area (Å²) in [4.78, 5) is 11.9. The average Bonchev–Trinajstić information content (AvgIpc) is 2.62. The number of amides is 1. The number of methoxy groups -OCH3 is 1. The molecule has 0 fully saturated rings. The maximum atomic E-state index is 11.9. The molecule has 0 aliphatic heterocycles. The molecule has 0 saturated heterocycles. The minimum absolute atomic E-state index is 0.0795. The predicted molar refractivity (Wildman–Crippen MR) is 107 cm³/mol. The first-order valence-electron chi connectivity index (χ1n) is 9.82. The predicted octanol–water partition coefficient (Wildman–Crippen LogP) is 5.35. The molecule has 0 aliphatic rings. The summed E-state index contributed by atoms with van der Waals surface area (Å²) in [7, 11) is 1.51. The van der Waals surface area contributed by atoms with E-state index < -0.39 is 0 Å². The van der Waals surface area contributed by atoms with E-state index >= 15 is 0 Å². The second-order valence-electron chi connectivity index (χ2n) is 7.12. The molecule has 0 atom stereocenters. The third-order valence-corrected chi connectivity index (χ3v) is 4.28. The van der Waals surface area contributed by atoms with E-state index in [1.54, 1.807) is 18.2 Å². The number of allylic oxidation sites excluding steroid dienone is 2. The number of carbonyl (C=O) groups is 1. The van der Waals surface area contributed by atoms with Crippen molar-refractivity contribution >= 4 is 5.91 Å². The Morgan fingerprint density at radius 3 is 2.54 bits per heavy atom. The first-order valence-corrected chi connectivity index (χ1v) is 9.82. The number of benzene rings is 1. The summed E-state index contributed by atoms with van der Waals surface area (Å²) in [5.41, 5.74) is 0.916. The Kier molecular flexibility index (Phi) is 11.3. The summed E-state index contributed by atoms with van der Waals surface area (Å²) in [6, 6.07) is 5.11. The van der Waals surface area contributed by atoms with Crippen LogP contribution >= 0.6 is 0 Å². The Balaban J connectivity index is 2.03. The SMILES string of the molecule is COc1cc(CNC(=O)CCCCCCCC/C=C/C(C)C)ccc1O. The third-order valence-electron chi connectivity index (χ3n) is 4.28. The Bertz CT molecular complexity index is 552. The van der Waals surface area contributed by atoms with Gasteiger partial charge in [0.2, 0.25) is 5.91 Å². The van der Waals surface area contributed by atoms with Gasteiger partial charge in [-0.3, -0.25) is 4.79 Å². The minimum Gasteiger partial charge on any atom is -0.504 e. The van der Waals surface area contributed by atoms with Gasteiger partial charge >= 0.3 is 0 Å². The molecule has 4 nitrogen and oxygen atoms in total. The molecule has 0 heterocycles. The lowest BCUT2D eigenvalue weighted by Gasteiger charge is -2.08. The maximum Gasteiger partial charge on any atom is 0.220 e. The van der Waals surface area contributed by atoms with E-state index in [0.717, 1.165) is 18.4 Å². The molecule has 1 rings (SSSR count). The van der Waals surface area contributed by atoms with Gasteiger partial charge in [0.05, 0.1) is 7.11 Å². The van der Waals surface area contributed by atoms with Crippen molar-refractivity contribution < 1.29 is 14.6 Å². The van der Waals surface area contributed by atoms with Crippen LogP contribution in [0.2, 0.25) is 0 Å². The van der Waals surface area contributed by atoms with Crippen LogP contribution in [-0.4, -0.2) is 18.1 Å². The lowest BCUT2D eigenvalue weighted by atomic mass is 10.1. The number of aromatic hydroxyl groups is 1. The molecule has 0 spiro atoms. The van der Waals surface area contributed by atoms with Gasteiger partial charge in [-0.05, 0) is 42.9 Å². The summed E-state index contributed by atoms with van der Waals surface area (Å²) in [5, 5.41) is 12.5. The molecule has 1 aromatic carbocycles. The van der Waals surface area contributed by atoms with Crippen molar-refractivity contribution in [2.75, 3.05) is 7.11 Å². The van der Waals surface area contributed by atoms with Gasteiger partial charge < -0.3 is 15.2 Å². The normalized spacial score (nSPS) is 11.2. The van der Waals surface area contributed by atoms with Gasteiger partial charge in [0.1, 0.15) is 0 Å². The van der Waals surface area contributed by atoms with Crippen LogP contribution in [0.15, 0.2) is 30.4 Å². The fourth-order valence-corrected chi connectivity index (χ4v) is 2.74. The molecule has 1 aromatic rings. The molecule has 0 unspecified atom stereocenters. The van der Waals surface area contributed by atoms with Crippen LogP contribution in [0, 0.1) is 5.92 Å². The number of unbranched alkanes of at least 4 members (excludes halogenated alkanes) is 6. The molecule has 0 aromatic heterocycles. The average molecular weight is 362 g/mol. The van der Waals surface area contributed by atoms with Crippen molar-refractivity contribution in [3.63, 3.8) is 0 Å². The standard InChI is InChI=1S/C22H35NO3/c1-18(2)12-10-8-6-4-5-7-9-11-13-22(25)23-17-19-14-15-20(24)21(16-19)26-3/h10,12,14-16,18,24H,4-9,11,13,17H2,1-3H3,(H,23,25)/b12-10+. The lowest BCUT2D eigenvalue weighted by Crippen LogP contribution is -2.22. The van der Waals surface area contributed by atoms with Crippen molar-refractivity contribution in [1.82, 2.24) is 5.32 Å². The van der Waals surface area contributed by atoms with Crippen LogP contribution in [0.25, 0.3) is 0 Å². The summed E-state index contributed by atoms with van der Waals surface area (Å²) < 4.78 is 5.07. The Morgan fingerprint density at radius 1 is 1.15 bits per heavy atom. The third kappa shape index (κ3) is 10.1. The molecule has 0 bridgehead atoms. The summed E-state index contributed by atoms with van der Waals surface area (Å²) in [5.74, 6) is 1.27. The number of ether oxygens (including phenoxy) is 1. The number of phenolic OH excluding ortho intramolecular Hbond substituents is 1. The zero-order valence-electron chi connectivity index (χ0n) is 16.6. The molecule has 146 valence electrons. The molecule has 2 N–H and O–H groups in total. The second-order valence-corrected chi connectivity index (χ2v) is 7.12. The molecule has 26 heavy (non-hydrogen) atoms. The second kappa shape index (κ2) is 13.3. The first kappa shape index (κ1) is 22.1. The number of rotatable bonds is 13. The Labute approximate surface area is 158 Å². The quantitative estimate of drug-likeness (QED) is 0.368. The largest absolute Gasteiger partial charge is 0.504 e. The zero-order valence-corrected chi connectivity index (χ0v) is 16.6. The molecule has 0 aliphatic carbocycles. The van der Waals surface area contributed by atoms with Crippen LogP contribution in [0.1, 0.15) is 70.8 Å². The number of hydrogen-bond acceptors (Lipinski definition) is 3. The monoisotopic (exact) mass is 361 g/mol. The van der Waals surface area contributed by atoms with E-state index in [1.165, 1.54) is 39.2 Å². The number of hydrogen-bond donors (Lipinski definition) is 2. The zero-order chi connectivity index (χ0) is 19.2. The Morgan fingerprint density at radius 2 is 1.85 bits per heavy atom. The van der Waals surface area contributed by atoms with Gasteiger partial charge in [-0.25, -0.2) is 0 Å². The molecule has 4 heteroatoms. The van der Waals surface area contributed by atoms with Gasteiger partial charge in [0, 0.05) is 13.0 Å². The van der Waals surface area contributed by atoms with Crippen LogP contribution in [0.5, 0.6) is 11.5 Å². The highest BCUT2D eigenvalue weighted by atomic mass is 16.5. The molecule has 0 radical (unpaired) electrons. The first-order chi connectivity index (χ1) is 12.5. The Hall–Kier alpha value is -1.97. The number of nitrogens with one attached hydrogen (secondary N) is 1. The molecule has 0 saturated carbocycles. The smallest absolute Gasteiger partial charge is 0.220 e. The van der Waals surface area contributed by atoms with Crippen LogP contribution in [0.4, 0.5) is 0 Å². The summed E-state index contributed by atoms with van der Waals surface area (Å²) >= 11 is 0. The van der Waals surface area contributed by atoms with Crippen molar-refractivity contribution in [3.05, 3.63) is 35.9 Å². The number of carbonyl (C=O) groups excluding carboxylic acids is 1. The van der Waals surface area contributed by atoms with E-state index in [4.69, 9.17) is 4.74 Å². The highest BCUT2D eigenvalue weighted by Gasteiger charge is 2.05. The van der Waals surface area contributed by atoms with Gasteiger partial charge in [0.15, 0.2) is 11.5 Å². The molecular weight excluding hydrogens is 326 g/mol. The minimum atomic E-state index is 0.0795. The van der Waals surface area contributed by atoms with Gasteiger partial charge in [-0.2, -0.15) is 0 Å². The molecular formula is C22H35NO3. The summed E-state index contributed by atoms with van der Waals surface area (Å²) in [6.07, 6.45) is 13.4. The van der Waals surface area contributed by atoms with E-state index in [0.29, 0.717) is 24.6 Å². The number of phenols is 1. The van der Waals surface area contributed by atoms with E-state index in [9.17, 15) is 9.90 Å². The van der Waals surface area contributed by atoms with E-state index in [1.807, 2.05) is 0 Å². The van der Waals surface area contributed by atoms with Crippen molar-refractivity contribution in [1.29, 1.82) is 0 Å². The highest BCUT2D eigenvalue weighted by molar-refractivity contribution is 5.75. The van der Waals surface area contributed by atoms with Gasteiger partial charge in [-0.1, -0.05) is 57.7 Å². The molecule has 1 amide bonds. The van der Waals surface area contributed by atoms with Crippen molar-refractivity contribution in [2.45, 2.75) is 71.8 Å². The fraction of sp³-hybridized carbons (Fsp3) is 0.591. The fourth-order valence-electron chi connectivity index (χ4n) is 2.74. The van der Waals surface area contributed by atoms with Crippen LogP contribution < -0.4 is 10.1 Å². The van der Waals surface area contributed by atoms with Crippen LogP contribution in [0.3, 0.4) is 0 Å². The lowest BCUT2D eigenvalue weighted by molar-refractivity contribution is -0.121. The maximum absolute atomic E-state index is 11.9. The van der Waals surface area contributed by atoms with E-state index in [2.05, 4.69) is 31.3 Å². The van der Waals surface area contributed by atoms with Crippen molar-refractivity contribution in [2.24, 2.45) is 5.92 Å². The topological polar surface area (TPSA) is 58.6 Å². The highest BCUT2D eigenvalue weighted by Crippen LogP contribution is 2.26. The van der Waals surface area contributed by atoms with E-state index in [-0.39, 0.29) is 11.7 Å². The van der Waals surface area contributed by atoms with Crippen LogP contribution in [-0.2, 0) is 11.3 Å². The van der Waals surface area contributed by atoms with Gasteiger partial charge in [0.25, 0.3) is 0 Å².